The number of para-hydroxylation sites is 1. The average Bonchev–Trinajstić information content (AvgIpc) is 2.42. The summed E-state index contributed by atoms with van der Waals surface area (Å²) in [5.74, 6) is 5.31. The standard InChI is InChI=1S/C13H15N3O3/c1-2-19-11-5-3-4-9-10(17)6-7-16(13(9)11)8-12(18)15-14/h3-7H,2,8,14H2,1H3,(H,15,18). The van der Waals surface area contributed by atoms with E-state index in [4.69, 9.17) is 10.6 Å². The Balaban J connectivity index is 2.66. The molecule has 1 heterocycles. The van der Waals surface area contributed by atoms with Gasteiger partial charge in [0.25, 0.3) is 5.91 Å². The monoisotopic (exact) mass is 261 g/mol. The molecule has 0 aliphatic heterocycles. The Morgan fingerprint density at radius 2 is 2.21 bits per heavy atom. The number of pyridine rings is 1. The van der Waals surface area contributed by atoms with Crippen LogP contribution in [0.2, 0.25) is 0 Å². The summed E-state index contributed by atoms with van der Waals surface area (Å²) in [6.07, 6.45) is 1.56. The maximum absolute atomic E-state index is 11.8. The lowest BCUT2D eigenvalue weighted by Gasteiger charge is -2.13. The number of benzene rings is 1. The number of fused-ring (bicyclic) bond motifs is 1. The van der Waals surface area contributed by atoms with Crippen molar-refractivity contribution in [2.24, 2.45) is 5.84 Å². The molecule has 0 atom stereocenters. The van der Waals surface area contributed by atoms with Crippen molar-refractivity contribution in [1.82, 2.24) is 9.99 Å². The van der Waals surface area contributed by atoms with Crippen LogP contribution in [-0.4, -0.2) is 17.1 Å². The summed E-state index contributed by atoms with van der Waals surface area (Å²) < 4.78 is 7.15. The van der Waals surface area contributed by atoms with Gasteiger partial charge in [-0.3, -0.25) is 15.0 Å². The number of nitrogens with one attached hydrogen (secondary N) is 1. The van der Waals surface area contributed by atoms with Crippen molar-refractivity contribution in [2.45, 2.75) is 13.5 Å². The van der Waals surface area contributed by atoms with Crippen LogP contribution in [0.3, 0.4) is 0 Å². The molecular weight excluding hydrogens is 246 g/mol. The highest BCUT2D eigenvalue weighted by atomic mass is 16.5. The van der Waals surface area contributed by atoms with Crippen molar-refractivity contribution in [3.05, 3.63) is 40.7 Å². The molecule has 6 heteroatoms. The normalized spacial score (nSPS) is 10.4. The third-order valence-electron chi connectivity index (χ3n) is 2.73. The third kappa shape index (κ3) is 2.58. The van der Waals surface area contributed by atoms with Crippen molar-refractivity contribution in [3.63, 3.8) is 0 Å². The second-order valence-electron chi connectivity index (χ2n) is 3.96. The van der Waals surface area contributed by atoms with Crippen LogP contribution in [0.1, 0.15) is 6.92 Å². The highest BCUT2D eigenvalue weighted by Gasteiger charge is 2.10. The minimum Gasteiger partial charge on any atom is -0.492 e. The molecule has 0 fully saturated rings. The Morgan fingerprint density at radius 1 is 1.42 bits per heavy atom. The zero-order valence-electron chi connectivity index (χ0n) is 10.6. The van der Waals surface area contributed by atoms with E-state index in [0.29, 0.717) is 23.3 Å². The predicted molar refractivity (Wildman–Crippen MR) is 71.7 cm³/mol. The molecule has 0 spiro atoms. The Bertz CT molecular complexity index is 664. The van der Waals surface area contributed by atoms with Crippen LogP contribution < -0.4 is 21.4 Å². The minimum atomic E-state index is -0.351. The Kier molecular flexibility index (Phi) is 3.82. The van der Waals surface area contributed by atoms with E-state index in [9.17, 15) is 9.59 Å². The average molecular weight is 261 g/mol. The Morgan fingerprint density at radius 3 is 2.89 bits per heavy atom. The first kappa shape index (κ1) is 13.1. The summed E-state index contributed by atoms with van der Waals surface area (Å²) in [7, 11) is 0. The first-order valence-corrected chi connectivity index (χ1v) is 5.91. The van der Waals surface area contributed by atoms with Crippen molar-refractivity contribution in [3.8, 4) is 5.75 Å². The van der Waals surface area contributed by atoms with Crippen LogP contribution in [0.15, 0.2) is 35.3 Å². The number of nitrogens with zero attached hydrogens (tertiary/aromatic N) is 1. The van der Waals surface area contributed by atoms with Gasteiger partial charge in [0.05, 0.1) is 12.1 Å². The van der Waals surface area contributed by atoms with E-state index in [1.165, 1.54) is 6.07 Å². The van der Waals surface area contributed by atoms with Gasteiger partial charge in [-0.15, -0.1) is 0 Å². The van der Waals surface area contributed by atoms with Crippen molar-refractivity contribution < 1.29 is 9.53 Å². The fourth-order valence-corrected chi connectivity index (χ4v) is 1.94. The van der Waals surface area contributed by atoms with Gasteiger partial charge in [0.2, 0.25) is 0 Å². The van der Waals surface area contributed by atoms with E-state index < -0.39 is 0 Å². The van der Waals surface area contributed by atoms with Crippen LogP contribution in [0.25, 0.3) is 10.9 Å². The summed E-state index contributed by atoms with van der Waals surface area (Å²) in [5, 5.41) is 0.512. The van der Waals surface area contributed by atoms with Gasteiger partial charge in [-0.05, 0) is 19.1 Å². The molecule has 100 valence electrons. The smallest absolute Gasteiger partial charge is 0.253 e. The Labute approximate surface area is 109 Å². The molecule has 1 aromatic heterocycles. The summed E-state index contributed by atoms with van der Waals surface area (Å²) in [6.45, 7) is 2.36. The van der Waals surface area contributed by atoms with Crippen LogP contribution in [-0.2, 0) is 11.3 Å². The summed E-state index contributed by atoms with van der Waals surface area (Å²) >= 11 is 0. The molecule has 1 aromatic carbocycles. The van der Waals surface area contributed by atoms with E-state index in [1.807, 2.05) is 6.92 Å². The van der Waals surface area contributed by atoms with Gasteiger partial charge in [-0.25, -0.2) is 5.84 Å². The highest BCUT2D eigenvalue weighted by molar-refractivity contribution is 5.86. The first-order valence-electron chi connectivity index (χ1n) is 5.91. The highest BCUT2D eigenvalue weighted by Crippen LogP contribution is 2.23. The van der Waals surface area contributed by atoms with Gasteiger partial charge >= 0.3 is 0 Å². The number of hydrazine groups is 1. The van der Waals surface area contributed by atoms with Gasteiger partial charge in [-0.2, -0.15) is 0 Å². The van der Waals surface area contributed by atoms with Crippen LogP contribution in [0.4, 0.5) is 0 Å². The molecule has 0 unspecified atom stereocenters. The molecule has 6 nitrogen and oxygen atoms in total. The van der Waals surface area contributed by atoms with E-state index in [-0.39, 0.29) is 17.9 Å². The lowest BCUT2D eigenvalue weighted by molar-refractivity contribution is -0.121. The molecule has 2 rings (SSSR count). The molecule has 0 saturated heterocycles. The molecule has 0 aliphatic rings. The quantitative estimate of drug-likeness (QED) is 0.473. The lowest BCUT2D eigenvalue weighted by atomic mass is 10.2. The van der Waals surface area contributed by atoms with Crippen molar-refractivity contribution in [1.29, 1.82) is 0 Å². The van der Waals surface area contributed by atoms with E-state index in [1.54, 1.807) is 29.0 Å². The largest absolute Gasteiger partial charge is 0.492 e. The lowest BCUT2D eigenvalue weighted by Crippen LogP contribution is -2.33. The minimum absolute atomic E-state index is 0.0252. The molecule has 0 saturated carbocycles. The third-order valence-corrected chi connectivity index (χ3v) is 2.73. The first-order chi connectivity index (χ1) is 9.17. The van der Waals surface area contributed by atoms with Crippen LogP contribution in [0, 0.1) is 0 Å². The molecular formula is C13H15N3O3. The Hall–Kier alpha value is -2.34. The SMILES string of the molecule is CCOc1cccc2c(=O)ccn(CC(=O)NN)c12. The van der Waals surface area contributed by atoms with Gasteiger partial charge in [0.15, 0.2) is 5.43 Å². The number of amides is 1. The zero-order valence-corrected chi connectivity index (χ0v) is 10.6. The fraction of sp³-hybridized carbons (Fsp3) is 0.231. The van der Waals surface area contributed by atoms with Gasteiger partial charge in [0.1, 0.15) is 12.3 Å². The summed E-state index contributed by atoms with van der Waals surface area (Å²) in [5.41, 5.74) is 2.55. The maximum atomic E-state index is 11.8. The summed E-state index contributed by atoms with van der Waals surface area (Å²) in [4.78, 5) is 23.3. The molecule has 19 heavy (non-hydrogen) atoms. The number of rotatable bonds is 4. The van der Waals surface area contributed by atoms with Gasteiger partial charge < -0.3 is 9.30 Å². The molecule has 3 N–H and O–H groups in total. The van der Waals surface area contributed by atoms with Gasteiger partial charge in [-0.1, -0.05) is 6.07 Å². The number of nitrogens with two attached hydrogens (primary N) is 1. The molecule has 1 amide bonds. The number of hydrogen-bond acceptors (Lipinski definition) is 4. The summed E-state index contributed by atoms with van der Waals surface area (Å²) in [6, 6.07) is 6.64. The molecule has 0 bridgehead atoms. The molecule has 0 radical (unpaired) electrons. The second-order valence-corrected chi connectivity index (χ2v) is 3.96. The maximum Gasteiger partial charge on any atom is 0.253 e. The number of hydrogen-bond donors (Lipinski definition) is 2. The van der Waals surface area contributed by atoms with Crippen LogP contribution in [0.5, 0.6) is 5.75 Å². The number of aromatic nitrogens is 1. The van der Waals surface area contributed by atoms with E-state index in [0.717, 1.165) is 0 Å². The topological polar surface area (TPSA) is 86.3 Å². The molecule has 0 aliphatic carbocycles. The van der Waals surface area contributed by atoms with Crippen molar-refractivity contribution in [2.75, 3.05) is 6.61 Å². The zero-order chi connectivity index (χ0) is 13.8. The number of carbonyl (C=O) groups excluding carboxylic acids is 1. The predicted octanol–water partition coefficient (Wildman–Crippen LogP) is 0.390. The molecule has 2 aromatic rings. The van der Waals surface area contributed by atoms with E-state index >= 15 is 0 Å². The van der Waals surface area contributed by atoms with Crippen molar-refractivity contribution >= 4 is 16.8 Å². The van der Waals surface area contributed by atoms with Crippen LogP contribution >= 0.6 is 0 Å². The van der Waals surface area contributed by atoms with Gasteiger partial charge in [0, 0.05) is 17.6 Å². The van der Waals surface area contributed by atoms with E-state index in [2.05, 4.69) is 5.43 Å². The fourth-order valence-electron chi connectivity index (χ4n) is 1.94. The number of carbonyl (C=O) groups is 1. The number of ether oxygens (including phenoxy) is 1. The second kappa shape index (κ2) is 5.53.